The fourth-order valence-corrected chi connectivity index (χ4v) is 1.91. The van der Waals surface area contributed by atoms with Gasteiger partial charge in [-0.05, 0) is 30.3 Å². The van der Waals surface area contributed by atoms with Gasteiger partial charge in [-0.3, -0.25) is 4.79 Å². The van der Waals surface area contributed by atoms with E-state index in [1.165, 1.54) is 6.07 Å². The molecule has 1 N–H and O–H groups in total. The van der Waals surface area contributed by atoms with Crippen LogP contribution in [0.3, 0.4) is 0 Å². The van der Waals surface area contributed by atoms with Crippen LogP contribution in [0.15, 0.2) is 42.5 Å². The van der Waals surface area contributed by atoms with E-state index in [9.17, 15) is 14.7 Å². The molecule has 0 radical (unpaired) electrons. The van der Waals surface area contributed by atoms with E-state index >= 15 is 0 Å². The lowest BCUT2D eigenvalue weighted by Crippen LogP contribution is -2.03. The summed E-state index contributed by atoms with van der Waals surface area (Å²) in [5.41, 5.74) is 1.06. The first kappa shape index (κ1) is 13.3. The Kier molecular flexibility index (Phi) is 3.97. The van der Waals surface area contributed by atoms with Gasteiger partial charge in [-0.2, -0.15) is 0 Å². The zero-order valence-corrected chi connectivity index (χ0v) is 10.7. The molecule has 0 aliphatic rings. The maximum atomic E-state index is 12.2. The maximum absolute atomic E-state index is 12.2. The predicted octanol–water partition coefficient (Wildman–Crippen LogP) is 3.02. The van der Waals surface area contributed by atoms with Crippen LogP contribution in [0.5, 0.6) is 5.75 Å². The van der Waals surface area contributed by atoms with Gasteiger partial charge in [0, 0.05) is 22.6 Å². The quantitative estimate of drug-likeness (QED) is 0.689. The number of benzene rings is 2. The number of phenols is 1. The summed E-state index contributed by atoms with van der Waals surface area (Å²) in [5.74, 6) is -0.448. The van der Waals surface area contributed by atoms with Gasteiger partial charge in [0.25, 0.3) is 0 Å². The molecule has 96 valence electrons. The second kappa shape index (κ2) is 5.67. The first-order chi connectivity index (χ1) is 9.13. The summed E-state index contributed by atoms with van der Waals surface area (Å²) in [6, 6.07) is 11.2. The summed E-state index contributed by atoms with van der Waals surface area (Å²) < 4.78 is 0. The molecule has 0 aliphatic carbocycles. The van der Waals surface area contributed by atoms with Crippen molar-refractivity contribution in [3.05, 3.63) is 64.2 Å². The average Bonchev–Trinajstić information content (AvgIpc) is 2.41. The third kappa shape index (κ3) is 2.83. The number of hydrogen-bond acceptors (Lipinski definition) is 3. The number of carbonyl (C=O) groups is 2. The van der Waals surface area contributed by atoms with Crippen LogP contribution >= 0.6 is 11.6 Å². The van der Waals surface area contributed by atoms with Crippen LogP contribution in [0.4, 0.5) is 0 Å². The Morgan fingerprint density at radius 2 is 1.84 bits per heavy atom. The zero-order valence-electron chi connectivity index (χ0n) is 9.97. The third-order valence-electron chi connectivity index (χ3n) is 2.77. The summed E-state index contributed by atoms with van der Waals surface area (Å²) in [6.07, 6.45) is 0.763. The van der Waals surface area contributed by atoms with E-state index < -0.39 is 0 Å². The van der Waals surface area contributed by atoms with Crippen molar-refractivity contribution in [1.29, 1.82) is 0 Å². The Morgan fingerprint density at radius 3 is 2.47 bits per heavy atom. The van der Waals surface area contributed by atoms with E-state index in [1.807, 2.05) is 0 Å². The molecule has 0 bridgehead atoms. The predicted molar refractivity (Wildman–Crippen MR) is 72.8 cm³/mol. The summed E-state index contributed by atoms with van der Waals surface area (Å²) in [6.45, 7) is 0. The van der Waals surface area contributed by atoms with Gasteiger partial charge in [0.2, 0.25) is 0 Å². The molecule has 19 heavy (non-hydrogen) atoms. The van der Waals surface area contributed by atoms with Crippen molar-refractivity contribution in [3.8, 4) is 5.75 Å². The van der Waals surface area contributed by atoms with E-state index in [1.54, 1.807) is 36.4 Å². The maximum Gasteiger partial charge on any atom is 0.196 e. The van der Waals surface area contributed by atoms with Gasteiger partial charge in [-0.1, -0.05) is 23.7 Å². The van der Waals surface area contributed by atoms with Crippen molar-refractivity contribution < 1.29 is 14.7 Å². The monoisotopic (exact) mass is 274 g/mol. The Bertz CT molecular complexity index is 618. The van der Waals surface area contributed by atoms with Gasteiger partial charge in [-0.15, -0.1) is 0 Å². The molecule has 2 aromatic carbocycles. The summed E-state index contributed by atoms with van der Waals surface area (Å²) >= 11 is 5.76. The van der Waals surface area contributed by atoms with E-state index in [0.29, 0.717) is 22.4 Å². The number of aromatic hydroxyl groups is 1. The van der Waals surface area contributed by atoms with Crippen molar-refractivity contribution >= 4 is 23.7 Å². The average molecular weight is 275 g/mol. The van der Waals surface area contributed by atoms with Crippen molar-refractivity contribution in [1.82, 2.24) is 0 Å². The van der Waals surface area contributed by atoms with Gasteiger partial charge in [0.05, 0.1) is 5.56 Å². The molecule has 4 heteroatoms. The number of aldehydes is 1. The fourth-order valence-electron chi connectivity index (χ4n) is 1.79. The summed E-state index contributed by atoms with van der Waals surface area (Å²) in [4.78, 5) is 22.7. The topological polar surface area (TPSA) is 54.4 Å². The zero-order chi connectivity index (χ0) is 13.8. The first-order valence-corrected chi connectivity index (χ1v) is 6.06. The molecular formula is C15H11ClO3. The van der Waals surface area contributed by atoms with Crippen LogP contribution in [-0.4, -0.2) is 17.2 Å². The van der Waals surface area contributed by atoms with E-state index in [0.717, 1.165) is 0 Å². The number of hydrogen-bond donors (Lipinski definition) is 1. The number of halogens is 1. The molecule has 0 aromatic heterocycles. The normalized spacial score (nSPS) is 10.2. The van der Waals surface area contributed by atoms with Crippen LogP contribution in [0.25, 0.3) is 0 Å². The minimum absolute atomic E-state index is 0.0770. The number of carbonyl (C=O) groups excluding carboxylic acids is 2. The lowest BCUT2D eigenvalue weighted by molar-refractivity contribution is -0.107. The highest BCUT2D eigenvalue weighted by atomic mass is 35.5. The third-order valence-corrected chi connectivity index (χ3v) is 3.03. The Morgan fingerprint density at radius 1 is 1.16 bits per heavy atom. The van der Waals surface area contributed by atoms with Crippen molar-refractivity contribution in [2.75, 3.05) is 0 Å². The van der Waals surface area contributed by atoms with E-state index in [2.05, 4.69) is 0 Å². The van der Waals surface area contributed by atoms with Crippen molar-refractivity contribution in [2.45, 2.75) is 6.42 Å². The number of rotatable bonds is 4. The van der Waals surface area contributed by atoms with Gasteiger partial charge < -0.3 is 9.90 Å². The Hall–Kier alpha value is -2.13. The first-order valence-electron chi connectivity index (χ1n) is 5.68. The fraction of sp³-hybridized carbons (Fsp3) is 0.0667. The van der Waals surface area contributed by atoms with E-state index in [4.69, 9.17) is 11.6 Å². The van der Waals surface area contributed by atoms with Crippen LogP contribution in [0.1, 0.15) is 21.5 Å². The van der Waals surface area contributed by atoms with Gasteiger partial charge >= 0.3 is 0 Å². The van der Waals surface area contributed by atoms with Crippen molar-refractivity contribution in [2.24, 2.45) is 0 Å². The number of ketones is 1. The van der Waals surface area contributed by atoms with Crippen LogP contribution in [-0.2, 0) is 11.2 Å². The Labute approximate surface area is 115 Å². The molecule has 3 nitrogen and oxygen atoms in total. The molecule has 0 saturated carbocycles. The smallest absolute Gasteiger partial charge is 0.196 e. The Balaban J connectivity index is 2.41. The molecule has 0 unspecified atom stereocenters. The second-order valence-electron chi connectivity index (χ2n) is 4.02. The van der Waals surface area contributed by atoms with E-state index in [-0.39, 0.29) is 23.5 Å². The molecule has 0 heterocycles. The number of phenolic OH excluding ortho intramolecular Hbond substituents is 1. The molecule has 2 aromatic rings. The lowest BCUT2D eigenvalue weighted by Gasteiger charge is -2.07. The highest BCUT2D eigenvalue weighted by molar-refractivity contribution is 6.30. The molecular weight excluding hydrogens is 264 g/mol. The minimum atomic E-state index is -0.304. The highest BCUT2D eigenvalue weighted by Gasteiger charge is 2.15. The minimum Gasteiger partial charge on any atom is -0.507 e. The van der Waals surface area contributed by atoms with Crippen molar-refractivity contribution in [3.63, 3.8) is 0 Å². The molecule has 0 fully saturated rings. The van der Waals surface area contributed by atoms with Gasteiger partial charge in [0.15, 0.2) is 5.78 Å². The molecule has 0 saturated heterocycles. The van der Waals surface area contributed by atoms with Crippen LogP contribution < -0.4 is 0 Å². The molecule has 0 aliphatic heterocycles. The summed E-state index contributed by atoms with van der Waals surface area (Å²) in [7, 11) is 0. The lowest BCUT2D eigenvalue weighted by atomic mass is 9.99. The molecule has 2 rings (SSSR count). The standard InChI is InChI=1S/C15H11ClO3/c16-12-6-4-11(5-7-12)15(19)13-3-1-2-10(8-9-17)14(13)18/h1-7,9,18H,8H2. The SMILES string of the molecule is O=CCc1cccc(C(=O)c2ccc(Cl)cc2)c1O. The van der Waals surface area contributed by atoms with Gasteiger partial charge in [0.1, 0.15) is 12.0 Å². The molecule has 0 atom stereocenters. The highest BCUT2D eigenvalue weighted by Crippen LogP contribution is 2.25. The largest absolute Gasteiger partial charge is 0.507 e. The second-order valence-corrected chi connectivity index (χ2v) is 4.46. The molecule has 0 amide bonds. The molecule has 0 spiro atoms. The van der Waals surface area contributed by atoms with Gasteiger partial charge in [-0.25, -0.2) is 0 Å². The van der Waals surface area contributed by atoms with Crippen LogP contribution in [0, 0.1) is 0 Å². The van der Waals surface area contributed by atoms with Crippen LogP contribution in [0.2, 0.25) is 5.02 Å². The summed E-state index contributed by atoms with van der Waals surface area (Å²) in [5, 5.41) is 10.5. The number of para-hydroxylation sites is 1.